The highest BCUT2D eigenvalue weighted by Crippen LogP contribution is 2.34. The quantitative estimate of drug-likeness (QED) is 0.316. The number of benzene rings is 1. The van der Waals surface area contributed by atoms with Gasteiger partial charge in [0.05, 0.1) is 18.8 Å². The molecule has 2 bridgehead atoms. The molecule has 1 aliphatic heterocycles. The van der Waals surface area contributed by atoms with Crippen molar-refractivity contribution < 1.29 is 28.6 Å². The van der Waals surface area contributed by atoms with E-state index in [2.05, 4.69) is 26.4 Å². The van der Waals surface area contributed by atoms with Gasteiger partial charge in [0.1, 0.15) is 23.7 Å². The summed E-state index contributed by atoms with van der Waals surface area (Å²) < 4.78 is 25.0. The number of nitriles is 1. The molecule has 4 N–H and O–H groups in total. The number of rotatable bonds is 6. The summed E-state index contributed by atoms with van der Waals surface area (Å²) in [6.45, 7) is 1.14. The molecular formula is C26H30FN7O5. The van der Waals surface area contributed by atoms with Crippen molar-refractivity contribution in [2.75, 3.05) is 46.7 Å². The summed E-state index contributed by atoms with van der Waals surface area (Å²) in [7, 11) is 6.07. The van der Waals surface area contributed by atoms with E-state index in [1.807, 2.05) is 0 Å². The number of carbonyl (C=O) groups excluding carboxylic acids is 2. The monoisotopic (exact) mass is 539 g/mol. The number of carbonyl (C=O) groups is 2. The van der Waals surface area contributed by atoms with E-state index in [1.54, 1.807) is 25.9 Å². The predicted octanol–water partition coefficient (Wildman–Crippen LogP) is 1.71. The molecule has 3 rings (SSSR count). The number of hydrogen-bond donors (Lipinski definition) is 4. The Morgan fingerprint density at radius 1 is 1.44 bits per heavy atom. The summed E-state index contributed by atoms with van der Waals surface area (Å²) in [5.74, 6) is -1.57. The van der Waals surface area contributed by atoms with Crippen molar-refractivity contribution in [1.29, 1.82) is 10.7 Å². The van der Waals surface area contributed by atoms with Gasteiger partial charge in [0, 0.05) is 56.7 Å². The molecule has 1 aromatic heterocycles. The first-order valence-corrected chi connectivity index (χ1v) is 11.8. The zero-order valence-electron chi connectivity index (χ0n) is 22.2. The summed E-state index contributed by atoms with van der Waals surface area (Å²) in [6.07, 6.45) is -0.857. The molecule has 0 saturated carbocycles. The minimum Gasteiger partial charge on any atom is -0.482 e. The molecule has 2 atom stereocenters. The van der Waals surface area contributed by atoms with Crippen molar-refractivity contribution in [1.82, 2.24) is 20.1 Å². The smallest absolute Gasteiger partial charge is 0.254 e. The van der Waals surface area contributed by atoms with E-state index in [0.29, 0.717) is 5.56 Å². The molecule has 2 aromatic rings. The van der Waals surface area contributed by atoms with E-state index < -0.39 is 30.1 Å². The highest BCUT2D eigenvalue weighted by atomic mass is 19.1. The molecule has 13 heteroatoms. The summed E-state index contributed by atoms with van der Waals surface area (Å²) in [5.41, 5.74) is 1.08. The van der Waals surface area contributed by atoms with Crippen LogP contribution in [0.25, 0.3) is 5.57 Å². The number of pyridine rings is 1. The van der Waals surface area contributed by atoms with Gasteiger partial charge in [-0.3, -0.25) is 14.9 Å². The molecule has 2 heterocycles. The Balaban J connectivity index is 2.20. The number of halogens is 1. The van der Waals surface area contributed by atoms with Gasteiger partial charge in [-0.15, -0.1) is 0 Å². The van der Waals surface area contributed by atoms with Gasteiger partial charge < -0.3 is 35.1 Å². The normalized spacial score (nSPS) is 17.6. The topological polar surface area (TPSA) is 164 Å². The summed E-state index contributed by atoms with van der Waals surface area (Å²) in [4.78, 5) is 33.0. The number of amides is 2. The number of nitrogens with one attached hydrogen (secondary N) is 3. The third-order valence-corrected chi connectivity index (χ3v) is 5.88. The number of ether oxygens (including phenoxy) is 2. The van der Waals surface area contributed by atoms with Crippen molar-refractivity contribution in [3.63, 3.8) is 0 Å². The molecule has 1 aliphatic rings. The predicted molar refractivity (Wildman–Crippen MR) is 140 cm³/mol. The Kier molecular flexibility index (Phi) is 9.31. The second kappa shape index (κ2) is 12.4. The fraction of sp³-hybridized carbons (Fsp3) is 0.346. The van der Waals surface area contributed by atoms with Crippen LogP contribution in [-0.2, 0) is 9.53 Å². The SMILES string of the molecule is COC(O)NCC(=O)Nc1ncc2cc1O[C@H](C)c1cc(F)ccc1C(=O)N(C)CC(=N)/C2=C(/C#N)N(C)C. The molecule has 0 radical (unpaired) electrons. The lowest BCUT2D eigenvalue weighted by Gasteiger charge is -2.26. The van der Waals surface area contributed by atoms with Gasteiger partial charge in [-0.2, -0.15) is 5.26 Å². The number of methoxy groups -OCH3 is 1. The number of aliphatic hydroxyl groups excluding tert-OH is 1. The average Bonchev–Trinajstić information content (AvgIpc) is 2.89. The van der Waals surface area contributed by atoms with Crippen LogP contribution in [-0.4, -0.2) is 85.2 Å². The Bertz CT molecular complexity index is 1350. The molecule has 0 saturated heterocycles. The fourth-order valence-corrected chi connectivity index (χ4v) is 3.95. The number of allylic oxidation sites excluding steroid dienone is 1. The standard InChI is InChI=1S/C26H30FN7O5/c1-14-18-9-16(27)6-7-17(18)25(36)34(4)13-19(29)23(20(10-28)33(2)3)15-8-21(39-14)24(30-11-15)32-22(35)12-31-26(37)38-5/h6-9,11,14,26,29,31,37H,12-13H2,1-5H3,(H,30,32,35)/b23-20-,29-19?/t14-,26?/m1/s1. The van der Waals surface area contributed by atoms with Gasteiger partial charge in [-0.25, -0.2) is 9.37 Å². The van der Waals surface area contributed by atoms with E-state index in [-0.39, 0.29) is 52.8 Å². The van der Waals surface area contributed by atoms with E-state index in [1.165, 1.54) is 43.5 Å². The first kappa shape index (κ1) is 29.2. The van der Waals surface area contributed by atoms with Crippen molar-refractivity contribution in [2.24, 2.45) is 0 Å². The van der Waals surface area contributed by atoms with Crippen LogP contribution in [0.4, 0.5) is 10.2 Å². The maximum absolute atomic E-state index is 14.3. The maximum Gasteiger partial charge on any atom is 0.254 e. The average molecular weight is 540 g/mol. The Labute approximate surface area is 225 Å². The molecular weight excluding hydrogens is 509 g/mol. The van der Waals surface area contributed by atoms with Crippen LogP contribution in [0, 0.1) is 22.6 Å². The van der Waals surface area contributed by atoms with E-state index in [9.17, 15) is 24.3 Å². The van der Waals surface area contributed by atoms with Gasteiger partial charge >= 0.3 is 0 Å². The van der Waals surface area contributed by atoms with Crippen molar-refractivity contribution >= 4 is 28.9 Å². The van der Waals surface area contributed by atoms with Gasteiger partial charge in [-0.05, 0) is 31.2 Å². The van der Waals surface area contributed by atoms with Crippen LogP contribution < -0.4 is 15.4 Å². The third-order valence-electron chi connectivity index (χ3n) is 5.88. The van der Waals surface area contributed by atoms with Crippen molar-refractivity contribution in [3.8, 4) is 11.8 Å². The van der Waals surface area contributed by atoms with E-state index in [4.69, 9.17) is 10.1 Å². The first-order chi connectivity index (χ1) is 18.5. The van der Waals surface area contributed by atoms with Gasteiger partial charge in [0.2, 0.25) is 12.3 Å². The Morgan fingerprint density at radius 2 is 2.15 bits per heavy atom. The minimum atomic E-state index is -1.36. The number of nitrogens with zero attached hydrogens (tertiary/aromatic N) is 4. The van der Waals surface area contributed by atoms with Crippen LogP contribution in [0.2, 0.25) is 0 Å². The molecule has 0 spiro atoms. The van der Waals surface area contributed by atoms with Gasteiger partial charge in [0.15, 0.2) is 11.6 Å². The Morgan fingerprint density at radius 3 is 2.79 bits per heavy atom. The molecule has 206 valence electrons. The zero-order chi connectivity index (χ0) is 28.9. The molecule has 1 unspecified atom stereocenters. The number of aliphatic hydroxyl groups is 1. The van der Waals surface area contributed by atoms with Crippen LogP contribution in [0.15, 0.2) is 36.2 Å². The highest BCUT2D eigenvalue weighted by molar-refractivity contribution is 6.25. The highest BCUT2D eigenvalue weighted by Gasteiger charge is 2.27. The lowest BCUT2D eigenvalue weighted by molar-refractivity contribution is -0.122. The zero-order valence-corrected chi connectivity index (χ0v) is 22.2. The lowest BCUT2D eigenvalue weighted by Crippen LogP contribution is -2.37. The second-order valence-electron chi connectivity index (χ2n) is 8.95. The van der Waals surface area contributed by atoms with Crippen LogP contribution in [0.1, 0.15) is 34.5 Å². The van der Waals surface area contributed by atoms with Crippen LogP contribution >= 0.6 is 0 Å². The minimum absolute atomic E-state index is 0.00277. The van der Waals surface area contributed by atoms with Crippen LogP contribution in [0.5, 0.6) is 5.75 Å². The molecule has 1 aromatic carbocycles. The summed E-state index contributed by atoms with van der Waals surface area (Å²) in [6, 6.07) is 7.32. The number of aromatic nitrogens is 1. The molecule has 12 nitrogen and oxygen atoms in total. The fourth-order valence-electron chi connectivity index (χ4n) is 3.95. The van der Waals surface area contributed by atoms with Crippen molar-refractivity contribution in [2.45, 2.75) is 19.4 Å². The van der Waals surface area contributed by atoms with E-state index >= 15 is 0 Å². The molecule has 0 fully saturated rings. The van der Waals surface area contributed by atoms with Gasteiger partial charge in [0.25, 0.3) is 5.91 Å². The molecule has 39 heavy (non-hydrogen) atoms. The van der Waals surface area contributed by atoms with Crippen LogP contribution in [0.3, 0.4) is 0 Å². The Hall–Kier alpha value is -4.38. The number of anilines is 1. The number of fused-ring (bicyclic) bond motifs is 3. The lowest BCUT2D eigenvalue weighted by atomic mass is 9.97. The van der Waals surface area contributed by atoms with Crippen molar-refractivity contribution in [3.05, 3.63) is 58.7 Å². The molecule has 0 aliphatic carbocycles. The largest absolute Gasteiger partial charge is 0.482 e. The summed E-state index contributed by atoms with van der Waals surface area (Å²) >= 11 is 0. The number of hydrogen-bond acceptors (Lipinski definition) is 10. The molecule has 2 amide bonds. The third kappa shape index (κ3) is 6.74. The maximum atomic E-state index is 14.3. The summed E-state index contributed by atoms with van der Waals surface area (Å²) in [5, 5.41) is 33.2. The second-order valence-corrected chi connectivity index (χ2v) is 8.95. The van der Waals surface area contributed by atoms with E-state index in [0.717, 1.165) is 6.07 Å². The first-order valence-electron chi connectivity index (χ1n) is 11.8. The van der Waals surface area contributed by atoms with Gasteiger partial charge in [-0.1, -0.05) is 0 Å².